The summed E-state index contributed by atoms with van der Waals surface area (Å²) in [6, 6.07) is 3.50. The first-order valence-electron chi connectivity index (χ1n) is 9.82. The van der Waals surface area contributed by atoms with Crippen LogP contribution < -0.4 is 16.0 Å². The van der Waals surface area contributed by atoms with Gasteiger partial charge in [-0.3, -0.25) is 9.48 Å². The minimum absolute atomic E-state index is 0.00818. The molecule has 164 valence electrons. The van der Waals surface area contributed by atoms with Crippen molar-refractivity contribution in [2.75, 3.05) is 29.0 Å². The normalized spacial score (nSPS) is 16.9. The van der Waals surface area contributed by atoms with Crippen LogP contribution in [-0.2, 0) is 7.05 Å². The number of nitrogens with zero attached hydrogens (tertiary/aromatic N) is 4. The Kier molecular flexibility index (Phi) is 5.88. The van der Waals surface area contributed by atoms with E-state index in [1.807, 2.05) is 0 Å². The summed E-state index contributed by atoms with van der Waals surface area (Å²) in [6.07, 6.45) is 3.34. The molecule has 1 aliphatic rings. The SMILES string of the molecule is Cn1ncc(NC(=O)c2nc(-c3c(F)cccc3F)sc2N)c1N1CCC[C@H](O)CC1. The molecular weight excluding hydrogens is 426 g/mol. The maximum atomic E-state index is 14.1. The van der Waals surface area contributed by atoms with Gasteiger partial charge in [-0.2, -0.15) is 5.10 Å². The lowest BCUT2D eigenvalue weighted by atomic mass is 10.2. The minimum Gasteiger partial charge on any atom is -0.393 e. The summed E-state index contributed by atoms with van der Waals surface area (Å²) >= 11 is 0.842. The van der Waals surface area contributed by atoms with Crippen LogP contribution in [0.25, 0.3) is 10.6 Å². The number of anilines is 3. The number of hydrogen-bond acceptors (Lipinski definition) is 7. The summed E-state index contributed by atoms with van der Waals surface area (Å²) in [5, 5.41) is 17.0. The first-order chi connectivity index (χ1) is 14.8. The van der Waals surface area contributed by atoms with Crippen LogP contribution in [0.2, 0.25) is 0 Å². The molecule has 11 heteroatoms. The summed E-state index contributed by atoms with van der Waals surface area (Å²) in [5.41, 5.74) is 5.99. The van der Waals surface area contributed by atoms with E-state index in [1.54, 1.807) is 11.7 Å². The summed E-state index contributed by atoms with van der Waals surface area (Å²) in [7, 11) is 1.77. The van der Waals surface area contributed by atoms with Crippen LogP contribution in [0.4, 0.5) is 25.3 Å². The van der Waals surface area contributed by atoms with E-state index in [1.165, 1.54) is 12.3 Å². The molecule has 1 fully saturated rings. The van der Waals surface area contributed by atoms with Crippen LogP contribution in [0.5, 0.6) is 0 Å². The molecule has 3 aromatic rings. The molecule has 1 aliphatic heterocycles. The van der Waals surface area contributed by atoms with Gasteiger partial charge in [0.25, 0.3) is 5.91 Å². The highest BCUT2D eigenvalue weighted by atomic mass is 32.1. The third-order valence-corrected chi connectivity index (χ3v) is 6.10. The summed E-state index contributed by atoms with van der Waals surface area (Å²) in [6.45, 7) is 1.34. The van der Waals surface area contributed by atoms with Crippen LogP contribution >= 0.6 is 11.3 Å². The van der Waals surface area contributed by atoms with E-state index in [9.17, 15) is 18.7 Å². The molecule has 0 radical (unpaired) electrons. The van der Waals surface area contributed by atoms with Crippen LogP contribution in [0, 0.1) is 11.6 Å². The van der Waals surface area contributed by atoms with Crippen LogP contribution in [-0.4, -0.2) is 45.0 Å². The number of amides is 1. The van der Waals surface area contributed by atoms with Gasteiger partial charge in [0.05, 0.1) is 17.9 Å². The van der Waals surface area contributed by atoms with Crippen molar-refractivity contribution < 1.29 is 18.7 Å². The van der Waals surface area contributed by atoms with Crippen molar-refractivity contribution in [2.45, 2.75) is 25.4 Å². The predicted octanol–water partition coefficient (Wildman–Crippen LogP) is 3.01. The largest absolute Gasteiger partial charge is 0.393 e. The van der Waals surface area contributed by atoms with Crippen molar-refractivity contribution in [1.82, 2.24) is 14.8 Å². The van der Waals surface area contributed by atoms with Gasteiger partial charge in [-0.1, -0.05) is 17.4 Å². The second kappa shape index (κ2) is 8.60. The Morgan fingerprint density at radius 3 is 2.77 bits per heavy atom. The summed E-state index contributed by atoms with van der Waals surface area (Å²) in [5.74, 6) is -1.45. The molecule has 0 spiro atoms. The number of hydrogen-bond donors (Lipinski definition) is 3. The van der Waals surface area contributed by atoms with Gasteiger partial charge < -0.3 is 21.1 Å². The van der Waals surface area contributed by atoms with E-state index in [0.717, 1.165) is 42.9 Å². The van der Waals surface area contributed by atoms with Gasteiger partial charge in [0, 0.05) is 20.1 Å². The third kappa shape index (κ3) is 4.23. The molecule has 3 heterocycles. The molecule has 1 saturated heterocycles. The molecule has 0 saturated carbocycles. The number of aliphatic hydroxyl groups excluding tert-OH is 1. The number of rotatable bonds is 4. The second-order valence-corrected chi connectivity index (χ2v) is 8.39. The van der Waals surface area contributed by atoms with E-state index in [4.69, 9.17) is 5.73 Å². The molecule has 0 aliphatic carbocycles. The average Bonchev–Trinajstić information content (AvgIpc) is 3.19. The van der Waals surface area contributed by atoms with Crippen LogP contribution in [0.15, 0.2) is 24.4 Å². The van der Waals surface area contributed by atoms with Gasteiger partial charge in [0.1, 0.15) is 27.3 Å². The van der Waals surface area contributed by atoms with Gasteiger partial charge >= 0.3 is 0 Å². The number of carbonyl (C=O) groups is 1. The Balaban J connectivity index is 1.60. The number of aliphatic hydroxyl groups is 1. The lowest BCUT2D eigenvalue weighted by Gasteiger charge is -2.24. The highest BCUT2D eigenvalue weighted by molar-refractivity contribution is 7.19. The monoisotopic (exact) mass is 448 g/mol. The highest BCUT2D eigenvalue weighted by Crippen LogP contribution is 2.34. The summed E-state index contributed by atoms with van der Waals surface area (Å²) < 4.78 is 29.8. The first-order valence-corrected chi connectivity index (χ1v) is 10.6. The number of benzene rings is 1. The molecular formula is C20H22F2N6O2S. The fraction of sp³-hybridized carbons (Fsp3) is 0.350. The van der Waals surface area contributed by atoms with Crippen molar-refractivity contribution in [3.63, 3.8) is 0 Å². The van der Waals surface area contributed by atoms with E-state index in [2.05, 4.69) is 20.3 Å². The van der Waals surface area contributed by atoms with Crippen molar-refractivity contribution >= 4 is 33.8 Å². The highest BCUT2D eigenvalue weighted by Gasteiger charge is 2.25. The first kappa shape index (κ1) is 21.2. The average molecular weight is 448 g/mol. The van der Waals surface area contributed by atoms with Gasteiger partial charge in [-0.15, -0.1) is 0 Å². The van der Waals surface area contributed by atoms with Crippen LogP contribution in [0.3, 0.4) is 0 Å². The molecule has 8 nitrogen and oxygen atoms in total. The minimum atomic E-state index is -0.779. The Labute approximate surface area is 181 Å². The smallest absolute Gasteiger partial charge is 0.277 e. The number of aromatic nitrogens is 3. The lowest BCUT2D eigenvalue weighted by Crippen LogP contribution is -2.28. The molecule has 0 bridgehead atoms. The van der Waals surface area contributed by atoms with Crippen molar-refractivity contribution in [2.24, 2.45) is 7.05 Å². The standard InChI is InChI=1S/C20H22F2N6O2S/c1-27-20(28-8-3-4-11(29)7-9-28)14(10-24-27)25-18(30)16-17(23)31-19(26-16)15-12(21)5-2-6-13(15)22/h2,5-6,10-11,29H,3-4,7-9,23H2,1H3,(H,25,30)/t11-/m0/s1. The van der Waals surface area contributed by atoms with Crippen LogP contribution in [0.1, 0.15) is 29.8 Å². The zero-order chi connectivity index (χ0) is 22.1. The Hall–Kier alpha value is -3.05. The van der Waals surface area contributed by atoms with Gasteiger partial charge in [-0.25, -0.2) is 13.8 Å². The van der Waals surface area contributed by atoms with E-state index in [0.29, 0.717) is 24.5 Å². The fourth-order valence-corrected chi connectivity index (χ4v) is 4.55. The second-order valence-electron chi connectivity index (χ2n) is 7.36. The molecule has 1 atom stereocenters. The predicted molar refractivity (Wildman–Crippen MR) is 115 cm³/mol. The zero-order valence-corrected chi connectivity index (χ0v) is 17.6. The molecule has 0 unspecified atom stereocenters. The van der Waals surface area contributed by atoms with Gasteiger partial charge in [-0.05, 0) is 31.4 Å². The van der Waals surface area contributed by atoms with Crippen molar-refractivity contribution in [3.05, 3.63) is 41.7 Å². The molecule has 2 aromatic heterocycles. The number of aryl methyl sites for hydroxylation is 1. The number of nitrogen functional groups attached to an aromatic ring is 1. The van der Waals surface area contributed by atoms with Gasteiger partial charge in [0.2, 0.25) is 0 Å². The maximum absolute atomic E-state index is 14.1. The fourth-order valence-electron chi connectivity index (χ4n) is 3.67. The molecule has 1 aromatic carbocycles. The molecule has 4 N–H and O–H groups in total. The third-order valence-electron chi connectivity index (χ3n) is 5.20. The quantitative estimate of drug-likeness (QED) is 0.566. The number of thiazole rings is 1. The van der Waals surface area contributed by atoms with Gasteiger partial charge in [0.15, 0.2) is 11.5 Å². The topological polar surface area (TPSA) is 109 Å². The number of halogens is 2. The van der Waals surface area contributed by atoms with E-state index in [-0.39, 0.29) is 27.4 Å². The van der Waals surface area contributed by atoms with E-state index < -0.39 is 17.5 Å². The molecule has 31 heavy (non-hydrogen) atoms. The Morgan fingerprint density at radius 2 is 2.03 bits per heavy atom. The van der Waals surface area contributed by atoms with Crippen molar-refractivity contribution in [3.8, 4) is 10.6 Å². The zero-order valence-electron chi connectivity index (χ0n) is 16.8. The number of carbonyl (C=O) groups excluding carboxylic acids is 1. The maximum Gasteiger partial charge on any atom is 0.277 e. The Morgan fingerprint density at radius 1 is 1.29 bits per heavy atom. The Bertz CT molecular complexity index is 1100. The summed E-state index contributed by atoms with van der Waals surface area (Å²) in [4.78, 5) is 19.0. The number of nitrogens with one attached hydrogen (secondary N) is 1. The molecule has 1 amide bonds. The lowest BCUT2D eigenvalue weighted by molar-refractivity contribution is 0.102. The molecule has 4 rings (SSSR count). The number of nitrogens with two attached hydrogens (primary N) is 1. The van der Waals surface area contributed by atoms with E-state index >= 15 is 0 Å². The van der Waals surface area contributed by atoms with Crippen molar-refractivity contribution in [1.29, 1.82) is 0 Å².